The van der Waals surface area contributed by atoms with Crippen molar-refractivity contribution in [2.45, 2.75) is 0 Å². The van der Waals surface area contributed by atoms with Crippen LogP contribution in [0.4, 0.5) is 0 Å². The number of hydrogen-bond acceptors (Lipinski definition) is 1. The Labute approximate surface area is 112 Å². The smallest absolute Gasteiger partial charge is 0.156 e. The van der Waals surface area contributed by atoms with E-state index in [2.05, 4.69) is 0 Å². The van der Waals surface area contributed by atoms with Gasteiger partial charge in [-0.1, -0.05) is 54.6 Å². The fraction of sp³-hybridized carbons (Fsp3) is 0. The summed E-state index contributed by atoms with van der Waals surface area (Å²) in [6.07, 6.45) is 0. The molecule has 92 valence electrons. The Morgan fingerprint density at radius 2 is 1.37 bits per heavy atom. The average molecular weight is 267 g/mol. The topological polar surface area (TPSA) is 37.3 Å². The van der Waals surface area contributed by atoms with Gasteiger partial charge in [0.05, 0.1) is 0 Å². The Bertz CT molecular complexity index is 760. The first-order valence-electron chi connectivity index (χ1n) is 6.00. The van der Waals surface area contributed by atoms with E-state index in [0.717, 1.165) is 21.9 Å². The van der Waals surface area contributed by atoms with Gasteiger partial charge in [0.2, 0.25) is 5.30 Å². The van der Waals surface area contributed by atoms with Crippen molar-refractivity contribution in [2.75, 3.05) is 0 Å². The minimum absolute atomic E-state index is 0.480. The van der Waals surface area contributed by atoms with Crippen molar-refractivity contribution in [3.8, 4) is 11.1 Å². The van der Waals surface area contributed by atoms with Crippen molar-refractivity contribution in [2.24, 2.45) is 0 Å². The van der Waals surface area contributed by atoms with Gasteiger partial charge >= 0.3 is 8.03 Å². The fourth-order valence-corrected chi connectivity index (χ4v) is 2.94. The normalized spacial score (nSPS) is 11.5. The van der Waals surface area contributed by atoms with E-state index in [0.29, 0.717) is 5.30 Å². The van der Waals surface area contributed by atoms with Crippen LogP contribution in [-0.4, -0.2) is 4.89 Å². The summed E-state index contributed by atoms with van der Waals surface area (Å²) in [5.74, 6) is 0. The molecule has 0 spiro atoms. The van der Waals surface area contributed by atoms with Crippen molar-refractivity contribution in [3.63, 3.8) is 0 Å². The summed E-state index contributed by atoms with van der Waals surface area (Å²) in [6, 6.07) is 21.3. The standard InChI is InChI=1S/C16H11O2P/c17-19(18)16-11-4-3-9-15(16)14-10-5-7-12-6-1-2-8-13(12)14/h1-11H/p+1. The van der Waals surface area contributed by atoms with Crippen molar-refractivity contribution >= 4 is 24.1 Å². The summed E-state index contributed by atoms with van der Waals surface area (Å²) in [4.78, 5) is 9.45. The lowest BCUT2D eigenvalue weighted by Crippen LogP contribution is -2.00. The summed E-state index contributed by atoms with van der Waals surface area (Å²) in [7, 11) is -2.35. The lowest BCUT2D eigenvalue weighted by molar-refractivity contribution is 0.513. The van der Waals surface area contributed by atoms with E-state index in [9.17, 15) is 9.46 Å². The van der Waals surface area contributed by atoms with Gasteiger partial charge in [0.25, 0.3) is 0 Å². The zero-order valence-electron chi connectivity index (χ0n) is 10.2. The molecule has 0 aromatic heterocycles. The third-order valence-corrected chi connectivity index (χ3v) is 3.99. The van der Waals surface area contributed by atoms with Gasteiger partial charge in [-0.15, -0.1) is 0 Å². The maximum Gasteiger partial charge on any atom is 0.546 e. The van der Waals surface area contributed by atoms with Crippen LogP contribution in [0.3, 0.4) is 0 Å². The first kappa shape index (κ1) is 12.0. The molecule has 0 aliphatic carbocycles. The molecule has 0 radical (unpaired) electrons. The van der Waals surface area contributed by atoms with Crippen LogP contribution in [0.15, 0.2) is 66.7 Å². The summed E-state index contributed by atoms with van der Waals surface area (Å²) < 4.78 is 11.5. The van der Waals surface area contributed by atoms with E-state index in [1.807, 2.05) is 54.6 Å². The molecule has 0 amide bonds. The monoisotopic (exact) mass is 267 g/mol. The lowest BCUT2D eigenvalue weighted by Gasteiger charge is -2.06. The summed E-state index contributed by atoms with van der Waals surface area (Å²) in [5.41, 5.74) is 1.81. The molecular formula is C16H12O2P+. The fourth-order valence-electron chi connectivity index (χ4n) is 2.33. The van der Waals surface area contributed by atoms with E-state index in [-0.39, 0.29) is 0 Å². The zero-order valence-corrected chi connectivity index (χ0v) is 11.0. The van der Waals surface area contributed by atoms with Gasteiger partial charge in [-0.3, -0.25) is 0 Å². The van der Waals surface area contributed by atoms with Crippen LogP contribution in [0.1, 0.15) is 0 Å². The molecule has 0 bridgehead atoms. The summed E-state index contributed by atoms with van der Waals surface area (Å²) in [5, 5.41) is 2.70. The SMILES string of the molecule is O=[P+](O)c1ccccc1-c1cccc2ccccc12. The summed E-state index contributed by atoms with van der Waals surface area (Å²) >= 11 is 0. The Kier molecular flexibility index (Phi) is 3.12. The minimum Gasteiger partial charge on any atom is -0.156 e. The molecule has 0 saturated heterocycles. The zero-order chi connectivity index (χ0) is 13.2. The van der Waals surface area contributed by atoms with E-state index in [1.165, 1.54) is 0 Å². The highest BCUT2D eigenvalue weighted by molar-refractivity contribution is 7.47. The Morgan fingerprint density at radius 3 is 2.21 bits per heavy atom. The van der Waals surface area contributed by atoms with Crippen LogP contribution in [0.2, 0.25) is 0 Å². The first-order valence-corrected chi connectivity index (χ1v) is 7.22. The highest BCUT2D eigenvalue weighted by Gasteiger charge is 2.22. The second-order valence-corrected chi connectivity index (χ2v) is 5.34. The molecule has 1 N–H and O–H groups in total. The molecule has 2 nitrogen and oxygen atoms in total. The molecule has 0 fully saturated rings. The maximum atomic E-state index is 11.5. The Morgan fingerprint density at radius 1 is 0.737 bits per heavy atom. The quantitative estimate of drug-likeness (QED) is 0.716. The maximum absolute atomic E-state index is 11.5. The molecule has 0 heterocycles. The van der Waals surface area contributed by atoms with Gasteiger partial charge in [0.1, 0.15) is 0 Å². The van der Waals surface area contributed by atoms with Crippen molar-refractivity contribution in [1.82, 2.24) is 0 Å². The molecule has 19 heavy (non-hydrogen) atoms. The van der Waals surface area contributed by atoms with Gasteiger partial charge in [0, 0.05) is 5.56 Å². The average Bonchev–Trinajstić information content (AvgIpc) is 2.46. The number of benzene rings is 3. The molecule has 3 rings (SSSR count). The largest absolute Gasteiger partial charge is 0.546 e. The molecular weight excluding hydrogens is 255 g/mol. The molecule has 3 aromatic rings. The number of fused-ring (bicyclic) bond motifs is 1. The van der Waals surface area contributed by atoms with Crippen LogP contribution in [0, 0.1) is 0 Å². The number of hydrogen-bond donors (Lipinski definition) is 1. The lowest BCUT2D eigenvalue weighted by atomic mass is 9.98. The predicted molar refractivity (Wildman–Crippen MR) is 78.8 cm³/mol. The van der Waals surface area contributed by atoms with Crippen LogP contribution in [-0.2, 0) is 4.57 Å². The molecule has 0 aliphatic rings. The summed E-state index contributed by atoms with van der Waals surface area (Å²) in [6.45, 7) is 0. The molecule has 3 aromatic carbocycles. The Hall–Kier alpha value is -2.02. The predicted octanol–water partition coefficient (Wildman–Crippen LogP) is 3.87. The number of rotatable bonds is 2. The third-order valence-electron chi connectivity index (χ3n) is 3.19. The van der Waals surface area contributed by atoms with Gasteiger partial charge in [-0.2, -0.15) is 4.89 Å². The molecule has 0 saturated carbocycles. The van der Waals surface area contributed by atoms with Crippen molar-refractivity contribution < 1.29 is 9.46 Å². The second kappa shape index (κ2) is 4.93. The van der Waals surface area contributed by atoms with E-state index in [4.69, 9.17) is 0 Å². The van der Waals surface area contributed by atoms with Crippen LogP contribution < -0.4 is 5.30 Å². The third kappa shape index (κ3) is 2.17. The van der Waals surface area contributed by atoms with Crippen LogP contribution in [0.5, 0.6) is 0 Å². The van der Waals surface area contributed by atoms with Crippen molar-refractivity contribution in [1.29, 1.82) is 0 Å². The molecule has 1 atom stereocenters. The van der Waals surface area contributed by atoms with Gasteiger partial charge in [-0.25, -0.2) is 0 Å². The van der Waals surface area contributed by atoms with E-state index < -0.39 is 8.03 Å². The van der Waals surface area contributed by atoms with Gasteiger partial charge in [0.15, 0.2) is 0 Å². The van der Waals surface area contributed by atoms with E-state index in [1.54, 1.807) is 12.1 Å². The molecule has 3 heteroatoms. The van der Waals surface area contributed by atoms with E-state index >= 15 is 0 Å². The van der Waals surface area contributed by atoms with Gasteiger partial charge < -0.3 is 0 Å². The Balaban J connectivity index is 2.34. The van der Waals surface area contributed by atoms with Crippen LogP contribution >= 0.6 is 8.03 Å². The molecule has 0 aliphatic heterocycles. The highest BCUT2D eigenvalue weighted by Crippen LogP contribution is 2.30. The first-order chi connectivity index (χ1) is 9.27. The highest BCUT2D eigenvalue weighted by atomic mass is 31.1. The van der Waals surface area contributed by atoms with Crippen molar-refractivity contribution in [3.05, 3.63) is 66.7 Å². The van der Waals surface area contributed by atoms with Crippen LogP contribution in [0.25, 0.3) is 21.9 Å². The molecule has 1 unspecified atom stereocenters. The van der Waals surface area contributed by atoms with Gasteiger partial charge in [-0.05, 0) is 33.0 Å². The minimum atomic E-state index is -2.35. The second-order valence-electron chi connectivity index (χ2n) is 4.32.